The number of unbranched alkanes of at least 4 members (excludes halogenated alkanes) is 8. The third kappa shape index (κ3) is 7.68. The zero-order chi connectivity index (χ0) is 23.4. The quantitative estimate of drug-likeness (QED) is 0.275. The van der Waals surface area contributed by atoms with Crippen LogP contribution < -0.4 is 0 Å². The largest absolute Gasteiger partial charge is 0.507 e. The van der Waals surface area contributed by atoms with Crippen molar-refractivity contribution < 1.29 is 5.11 Å². The molecule has 0 saturated heterocycles. The summed E-state index contributed by atoms with van der Waals surface area (Å²) < 4.78 is 0. The lowest BCUT2D eigenvalue weighted by Crippen LogP contribution is -2.20. The molecule has 0 bridgehead atoms. The highest BCUT2D eigenvalue weighted by Crippen LogP contribution is 2.40. The van der Waals surface area contributed by atoms with Crippen LogP contribution in [0.5, 0.6) is 5.75 Å². The Balaban J connectivity index is 2.13. The van der Waals surface area contributed by atoms with Crippen LogP contribution in [0.4, 0.5) is 0 Å². The predicted molar refractivity (Wildman–Crippen MR) is 141 cm³/mol. The molecular formula is C31H48O. The first-order valence-electron chi connectivity index (χ1n) is 13.3. The van der Waals surface area contributed by atoms with Crippen molar-refractivity contribution in [3.63, 3.8) is 0 Å². The molecular weight excluding hydrogens is 388 g/mol. The molecule has 0 radical (unpaired) electrons. The average Bonchev–Trinajstić information content (AvgIpc) is 2.80. The van der Waals surface area contributed by atoms with Crippen LogP contribution >= 0.6 is 0 Å². The Morgan fingerprint density at radius 2 is 1.34 bits per heavy atom. The Morgan fingerprint density at radius 3 is 1.97 bits per heavy atom. The van der Waals surface area contributed by atoms with Crippen LogP contribution in [0.15, 0.2) is 42.5 Å². The van der Waals surface area contributed by atoms with Crippen LogP contribution in [0.1, 0.15) is 133 Å². The lowest BCUT2D eigenvalue weighted by molar-refractivity contribution is 0.448. The van der Waals surface area contributed by atoms with Gasteiger partial charge in [0.1, 0.15) is 5.75 Å². The second-order valence-corrected chi connectivity index (χ2v) is 10.3. The van der Waals surface area contributed by atoms with Crippen LogP contribution in [0.2, 0.25) is 0 Å². The van der Waals surface area contributed by atoms with Gasteiger partial charge in [-0.15, -0.1) is 0 Å². The minimum atomic E-state index is -0.0805. The maximum absolute atomic E-state index is 11.2. The Bertz CT molecular complexity index is 775. The third-order valence-electron chi connectivity index (χ3n) is 7.26. The van der Waals surface area contributed by atoms with Crippen LogP contribution in [0, 0.1) is 0 Å². The summed E-state index contributed by atoms with van der Waals surface area (Å²) >= 11 is 0. The lowest BCUT2D eigenvalue weighted by atomic mass is 9.75. The molecule has 2 aromatic rings. The highest BCUT2D eigenvalue weighted by atomic mass is 16.3. The molecule has 1 unspecified atom stereocenters. The van der Waals surface area contributed by atoms with Gasteiger partial charge in [-0.1, -0.05) is 135 Å². The first kappa shape index (κ1) is 26.5. The minimum absolute atomic E-state index is 0.0805. The second kappa shape index (κ2) is 13.7. The molecule has 0 aliphatic heterocycles. The van der Waals surface area contributed by atoms with Gasteiger partial charge in [0, 0.05) is 5.41 Å². The lowest BCUT2D eigenvalue weighted by Gasteiger charge is -2.29. The normalized spacial score (nSPS) is 12.8. The summed E-state index contributed by atoms with van der Waals surface area (Å²) in [6, 6.07) is 15.4. The van der Waals surface area contributed by atoms with Gasteiger partial charge in [0.15, 0.2) is 0 Å². The fourth-order valence-electron chi connectivity index (χ4n) is 4.77. The summed E-state index contributed by atoms with van der Waals surface area (Å²) in [5.74, 6) is 0.945. The molecule has 0 aliphatic carbocycles. The SMILES string of the molecule is CCCCCCCCCCC(C)c1cc(C(C)(C)c2ccccc2)cc(CCCC)c1O. The molecule has 2 aromatic carbocycles. The van der Waals surface area contributed by atoms with Crippen molar-refractivity contribution in [2.45, 2.75) is 123 Å². The fourth-order valence-corrected chi connectivity index (χ4v) is 4.77. The smallest absolute Gasteiger partial charge is 0.122 e. The monoisotopic (exact) mass is 436 g/mol. The van der Waals surface area contributed by atoms with Crippen LogP contribution in [-0.4, -0.2) is 5.11 Å². The molecule has 0 heterocycles. The molecule has 0 aromatic heterocycles. The van der Waals surface area contributed by atoms with Crippen molar-refractivity contribution in [2.75, 3.05) is 0 Å². The molecule has 0 saturated carbocycles. The number of benzene rings is 2. The van der Waals surface area contributed by atoms with Crippen molar-refractivity contribution in [3.05, 3.63) is 64.7 Å². The van der Waals surface area contributed by atoms with Gasteiger partial charge in [-0.05, 0) is 47.4 Å². The average molecular weight is 437 g/mol. The number of hydrogen-bond donors (Lipinski definition) is 1. The Labute approximate surface area is 198 Å². The number of phenols is 1. The Hall–Kier alpha value is -1.76. The van der Waals surface area contributed by atoms with Crippen molar-refractivity contribution >= 4 is 0 Å². The number of phenolic OH excluding ortho intramolecular Hbond substituents is 1. The van der Waals surface area contributed by atoms with E-state index in [1.807, 2.05) is 0 Å². The van der Waals surface area contributed by atoms with Crippen molar-refractivity contribution in [1.82, 2.24) is 0 Å². The molecule has 32 heavy (non-hydrogen) atoms. The minimum Gasteiger partial charge on any atom is -0.507 e. The standard InChI is InChI=1S/C31H48O/c1-6-8-10-11-12-13-14-16-19-25(3)29-24-28(23-26(30(29)32)20-9-7-2)31(4,5)27-21-17-15-18-22-27/h15,17-18,21-25,32H,6-14,16,19-20H2,1-5H3. The van der Waals surface area contributed by atoms with E-state index < -0.39 is 0 Å². The van der Waals surface area contributed by atoms with Gasteiger partial charge in [0.2, 0.25) is 0 Å². The van der Waals surface area contributed by atoms with E-state index in [2.05, 4.69) is 77.1 Å². The first-order valence-corrected chi connectivity index (χ1v) is 13.3. The van der Waals surface area contributed by atoms with Gasteiger partial charge in [-0.3, -0.25) is 0 Å². The maximum atomic E-state index is 11.2. The van der Waals surface area contributed by atoms with Gasteiger partial charge in [0.05, 0.1) is 0 Å². The Morgan fingerprint density at radius 1 is 0.750 bits per heavy atom. The van der Waals surface area contributed by atoms with E-state index in [1.165, 1.54) is 62.5 Å². The maximum Gasteiger partial charge on any atom is 0.122 e. The van der Waals surface area contributed by atoms with Gasteiger partial charge < -0.3 is 5.11 Å². The fraction of sp³-hybridized carbons (Fsp3) is 0.613. The van der Waals surface area contributed by atoms with Crippen molar-refractivity contribution in [1.29, 1.82) is 0 Å². The van der Waals surface area contributed by atoms with Gasteiger partial charge in [0.25, 0.3) is 0 Å². The van der Waals surface area contributed by atoms with E-state index in [1.54, 1.807) is 0 Å². The van der Waals surface area contributed by atoms with E-state index in [9.17, 15) is 5.11 Å². The van der Waals surface area contributed by atoms with E-state index in [0.29, 0.717) is 11.7 Å². The molecule has 1 N–H and O–H groups in total. The van der Waals surface area contributed by atoms with Crippen LogP contribution in [0.25, 0.3) is 0 Å². The van der Waals surface area contributed by atoms with E-state index >= 15 is 0 Å². The predicted octanol–water partition coefficient (Wildman–Crippen LogP) is 9.69. The van der Waals surface area contributed by atoms with Crippen molar-refractivity contribution in [2.24, 2.45) is 0 Å². The van der Waals surface area contributed by atoms with Crippen molar-refractivity contribution in [3.8, 4) is 5.75 Å². The molecule has 0 spiro atoms. The molecule has 0 fully saturated rings. The van der Waals surface area contributed by atoms with E-state index in [0.717, 1.165) is 36.8 Å². The summed E-state index contributed by atoms with van der Waals surface area (Å²) in [4.78, 5) is 0. The summed E-state index contributed by atoms with van der Waals surface area (Å²) in [6.45, 7) is 11.4. The molecule has 1 heteroatoms. The molecule has 178 valence electrons. The summed E-state index contributed by atoms with van der Waals surface area (Å²) in [5.41, 5.74) is 4.86. The van der Waals surface area contributed by atoms with Gasteiger partial charge >= 0.3 is 0 Å². The van der Waals surface area contributed by atoms with Gasteiger partial charge in [-0.25, -0.2) is 0 Å². The zero-order valence-electron chi connectivity index (χ0n) is 21.6. The molecule has 1 nitrogen and oxygen atoms in total. The summed E-state index contributed by atoms with van der Waals surface area (Å²) in [6.07, 6.45) is 15.2. The highest BCUT2D eigenvalue weighted by Gasteiger charge is 2.26. The molecule has 2 rings (SSSR count). The number of aryl methyl sites for hydroxylation is 1. The zero-order valence-corrected chi connectivity index (χ0v) is 21.6. The topological polar surface area (TPSA) is 20.2 Å². The highest BCUT2D eigenvalue weighted by molar-refractivity contribution is 5.50. The second-order valence-electron chi connectivity index (χ2n) is 10.3. The number of hydrogen-bond acceptors (Lipinski definition) is 1. The summed E-state index contributed by atoms with van der Waals surface area (Å²) in [5, 5.41) is 11.2. The summed E-state index contributed by atoms with van der Waals surface area (Å²) in [7, 11) is 0. The molecule has 0 aliphatic rings. The van der Waals surface area contributed by atoms with Crippen LogP contribution in [0.3, 0.4) is 0 Å². The van der Waals surface area contributed by atoms with Gasteiger partial charge in [-0.2, -0.15) is 0 Å². The van der Waals surface area contributed by atoms with E-state index in [4.69, 9.17) is 0 Å². The first-order chi connectivity index (χ1) is 15.4. The molecule has 1 atom stereocenters. The third-order valence-corrected chi connectivity index (χ3v) is 7.26. The van der Waals surface area contributed by atoms with Crippen LogP contribution in [-0.2, 0) is 11.8 Å². The molecule has 0 amide bonds. The Kier molecular flexibility index (Phi) is 11.4. The number of rotatable bonds is 15. The van der Waals surface area contributed by atoms with E-state index in [-0.39, 0.29) is 5.41 Å². The number of aromatic hydroxyl groups is 1.